The van der Waals surface area contributed by atoms with Gasteiger partial charge in [-0.1, -0.05) is 65.8 Å². The molecule has 0 unspecified atom stereocenters. The van der Waals surface area contributed by atoms with Crippen molar-refractivity contribution in [1.29, 1.82) is 0 Å². The van der Waals surface area contributed by atoms with Gasteiger partial charge < -0.3 is 0 Å². The molecule has 0 N–H and O–H groups in total. The van der Waals surface area contributed by atoms with Gasteiger partial charge in [0.1, 0.15) is 0 Å². The van der Waals surface area contributed by atoms with Crippen LogP contribution < -0.4 is 0 Å². The number of hydrogen-bond donors (Lipinski definition) is 0. The highest BCUT2D eigenvalue weighted by atomic mass is 13.9. The van der Waals surface area contributed by atoms with Gasteiger partial charge in [-0.3, -0.25) is 0 Å². The van der Waals surface area contributed by atoms with Crippen molar-refractivity contribution in [2.24, 2.45) is 0 Å². The van der Waals surface area contributed by atoms with E-state index in [4.69, 9.17) is 0 Å². The third-order valence-electron chi connectivity index (χ3n) is 1.26. The van der Waals surface area contributed by atoms with Gasteiger partial charge in [0.05, 0.1) is 0 Å². The fraction of sp³-hybridized carbons (Fsp3) is 0.571. The first-order valence-corrected chi connectivity index (χ1v) is 4.90. The van der Waals surface area contributed by atoms with Crippen molar-refractivity contribution in [2.45, 2.75) is 54.4 Å². The highest BCUT2D eigenvalue weighted by Crippen LogP contribution is 2.03. The Labute approximate surface area is 92.1 Å². The minimum atomic E-state index is 0. The van der Waals surface area contributed by atoms with Crippen LogP contribution in [0.5, 0.6) is 0 Å². The molecule has 0 fully saturated rings. The van der Waals surface area contributed by atoms with E-state index in [9.17, 15) is 0 Å². The Morgan fingerprint density at radius 2 is 1.36 bits per heavy atom. The standard InChI is InChI=1S/C8H14.C3H8.C2H2.CH4/c1-4-7-8(5-2)6-3;1-3-2;1-2;/h4,7H,1,5-6H2,2-3H3;3H2,1-2H3;1-2H;1H4. The fourth-order valence-corrected chi connectivity index (χ4v) is 0.652. The minimum Gasteiger partial charge on any atom is -0.124 e. The van der Waals surface area contributed by atoms with Gasteiger partial charge in [-0.2, -0.15) is 0 Å². The predicted octanol–water partition coefficient (Wildman–Crippen LogP) is 5.22. The highest BCUT2D eigenvalue weighted by molar-refractivity contribution is 5.08. The molecule has 0 saturated heterocycles. The van der Waals surface area contributed by atoms with E-state index in [0.717, 1.165) is 12.8 Å². The molecule has 0 aromatic heterocycles. The molecule has 0 aliphatic heterocycles. The zero-order chi connectivity index (χ0) is 11.1. The van der Waals surface area contributed by atoms with E-state index in [2.05, 4.69) is 53.2 Å². The molecule has 0 spiro atoms. The summed E-state index contributed by atoms with van der Waals surface area (Å²) in [5.74, 6) is 0. The number of rotatable bonds is 3. The lowest BCUT2D eigenvalue weighted by Gasteiger charge is -1.93. The summed E-state index contributed by atoms with van der Waals surface area (Å²) in [5.41, 5.74) is 1.47. The average Bonchev–Trinajstić information content (AvgIpc) is 2.18. The Morgan fingerprint density at radius 3 is 1.43 bits per heavy atom. The summed E-state index contributed by atoms with van der Waals surface area (Å²) < 4.78 is 0. The van der Waals surface area contributed by atoms with Crippen LogP contribution in [0.3, 0.4) is 0 Å². The zero-order valence-corrected chi connectivity index (χ0v) is 9.64. The first-order chi connectivity index (χ1) is 6.26. The van der Waals surface area contributed by atoms with Crippen LogP contribution in [0.4, 0.5) is 0 Å². The van der Waals surface area contributed by atoms with Gasteiger partial charge in [-0.15, -0.1) is 12.8 Å². The normalized spacial score (nSPS) is 6.14. The van der Waals surface area contributed by atoms with Crippen LogP contribution in [-0.4, -0.2) is 0 Å². The van der Waals surface area contributed by atoms with E-state index in [-0.39, 0.29) is 7.43 Å². The smallest absolute Gasteiger partial charge is 0.0346 e. The monoisotopic (exact) mass is 196 g/mol. The highest BCUT2D eigenvalue weighted by Gasteiger charge is 1.83. The third-order valence-corrected chi connectivity index (χ3v) is 1.26. The lowest BCUT2D eigenvalue weighted by atomic mass is 10.1. The van der Waals surface area contributed by atoms with Crippen LogP contribution in [0.2, 0.25) is 0 Å². The third kappa shape index (κ3) is 30.5. The lowest BCUT2D eigenvalue weighted by molar-refractivity contribution is 0.978. The molecule has 0 bridgehead atoms. The maximum atomic E-state index is 4.00. The van der Waals surface area contributed by atoms with Gasteiger partial charge in [0.25, 0.3) is 0 Å². The topological polar surface area (TPSA) is 0 Å². The van der Waals surface area contributed by atoms with Crippen LogP contribution >= 0.6 is 0 Å². The van der Waals surface area contributed by atoms with Crippen molar-refractivity contribution in [1.82, 2.24) is 0 Å². The van der Waals surface area contributed by atoms with Crippen LogP contribution in [0.25, 0.3) is 0 Å². The molecule has 0 atom stereocenters. The summed E-state index contributed by atoms with van der Waals surface area (Å²) >= 11 is 0. The molecule has 0 heteroatoms. The summed E-state index contributed by atoms with van der Waals surface area (Å²) in [7, 11) is 0. The minimum absolute atomic E-state index is 0. The largest absolute Gasteiger partial charge is 0.124 e. The Morgan fingerprint density at radius 1 is 1.07 bits per heavy atom. The predicted molar refractivity (Wildman–Crippen MR) is 71.4 cm³/mol. The molecule has 0 aliphatic rings. The second-order valence-corrected chi connectivity index (χ2v) is 2.47. The number of allylic oxidation sites excluding steroid dienone is 3. The quantitative estimate of drug-likeness (QED) is 0.429. The Kier molecular flexibility index (Phi) is 48.9. The van der Waals surface area contributed by atoms with Gasteiger partial charge in [0.2, 0.25) is 0 Å². The molecule has 14 heavy (non-hydrogen) atoms. The zero-order valence-electron chi connectivity index (χ0n) is 9.64. The molecule has 0 amide bonds. The maximum Gasteiger partial charge on any atom is -0.0346 e. The summed E-state index contributed by atoms with van der Waals surface area (Å²) in [4.78, 5) is 0. The molecular formula is C14H28. The van der Waals surface area contributed by atoms with Gasteiger partial charge in [0.15, 0.2) is 0 Å². The maximum absolute atomic E-state index is 4.00. The van der Waals surface area contributed by atoms with Crippen LogP contribution in [0.15, 0.2) is 24.3 Å². The van der Waals surface area contributed by atoms with Crippen molar-refractivity contribution in [3.63, 3.8) is 0 Å². The Bertz CT molecular complexity index is 120. The number of hydrogen-bond acceptors (Lipinski definition) is 0. The van der Waals surface area contributed by atoms with E-state index >= 15 is 0 Å². The van der Waals surface area contributed by atoms with Crippen molar-refractivity contribution in [2.75, 3.05) is 0 Å². The van der Waals surface area contributed by atoms with Crippen molar-refractivity contribution in [3.8, 4) is 12.8 Å². The molecule has 84 valence electrons. The van der Waals surface area contributed by atoms with Crippen molar-refractivity contribution in [3.05, 3.63) is 24.3 Å². The number of terminal acetylenes is 1. The molecule has 0 heterocycles. The summed E-state index contributed by atoms with van der Waals surface area (Å²) in [6.45, 7) is 12.2. The Balaban J connectivity index is -0.0000000716. The summed E-state index contributed by atoms with van der Waals surface area (Å²) in [6.07, 6.45) is 15.5. The van der Waals surface area contributed by atoms with Gasteiger partial charge in [-0.05, 0) is 12.8 Å². The van der Waals surface area contributed by atoms with Gasteiger partial charge in [0, 0.05) is 0 Å². The van der Waals surface area contributed by atoms with E-state index < -0.39 is 0 Å². The molecular weight excluding hydrogens is 168 g/mol. The van der Waals surface area contributed by atoms with Gasteiger partial charge in [-0.25, -0.2) is 0 Å². The van der Waals surface area contributed by atoms with E-state index in [1.54, 1.807) is 0 Å². The molecule has 0 aliphatic carbocycles. The first-order valence-electron chi connectivity index (χ1n) is 4.90. The van der Waals surface area contributed by atoms with Gasteiger partial charge >= 0.3 is 0 Å². The second-order valence-electron chi connectivity index (χ2n) is 2.47. The van der Waals surface area contributed by atoms with Crippen LogP contribution in [0, 0.1) is 12.8 Å². The van der Waals surface area contributed by atoms with Crippen molar-refractivity contribution >= 4 is 0 Å². The van der Waals surface area contributed by atoms with Crippen LogP contribution in [0.1, 0.15) is 54.4 Å². The first kappa shape index (κ1) is 23.1. The molecule has 0 saturated carbocycles. The SMILES string of the molecule is C.C#C.C=CC=C(CC)CC.CCC. The summed E-state index contributed by atoms with van der Waals surface area (Å²) in [6, 6.07) is 0. The Hall–Kier alpha value is -0.960. The lowest BCUT2D eigenvalue weighted by Crippen LogP contribution is -1.73. The molecule has 0 nitrogen and oxygen atoms in total. The molecule has 0 aromatic carbocycles. The van der Waals surface area contributed by atoms with E-state index in [0.29, 0.717) is 0 Å². The van der Waals surface area contributed by atoms with Crippen molar-refractivity contribution < 1.29 is 0 Å². The van der Waals surface area contributed by atoms with Crippen LogP contribution in [-0.2, 0) is 0 Å². The molecule has 0 radical (unpaired) electrons. The van der Waals surface area contributed by atoms with E-state index in [1.165, 1.54) is 12.0 Å². The second kappa shape index (κ2) is 29.6. The fourth-order valence-electron chi connectivity index (χ4n) is 0.652. The molecule has 0 rings (SSSR count). The summed E-state index contributed by atoms with van der Waals surface area (Å²) in [5, 5.41) is 0. The van der Waals surface area contributed by atoms with E-state index in [1.807, 2.05) is 6.08 Å². The average molecular weight is 196 g/mol. The molecule has 0 aromatic rings.